The van der Waals surface area contributed by atoms with E-state index in [1.165, 1.54) is 5.56 Å². The molecule has 1 aromatic heterocycles. The van der Waals surface area contributed by atoms with Crippen LogP contribution in [0.1, 0.15) is 25.3 Å². The summed E-state index contributed by atoms with van der Waals surface area (Å²) >= 11 is 0. The predicted octanol–water partition coefficient (Wildman–Crippen LogP) is 5.03. The normalized spacial score (nSPS) is 11.2. The zero-order chi connectivity index (χ0) is 19.0. The van der Waals surface area contributed by atoms with Crippen molar-refractivity contribution in [1.29, 1.82) is 0 Å². The van der Waals surface area contributed by atoms with Crippen LogP contribution in [0.2, 0.25) is 0 Å². The Morgan fingerprint density at radius 3 is 2.26 bits per heavy atom. The molecule has 0 bridgehead atoms. The molecule has 0 saturated carbocycles. The van der Waals surface area contributed by atoms with Crippen LogP contribution in [0, 0.1) is 5.21 Å². The van der Waals surface area contributed by atoms with Crippen LogP contribution in [0.15, 0.2) is 72.8 Å². The molecular formula is C23H20N2O2. The van der Waals surface area contributed by atoms with E-state index in [-0.39, 0.29) is 5.75 Å². The van der Waals surface area contributed by atoms with Crippen LogP contribution >= 0.6 is 0 Å². The largest absolute Gasteiger partial charge is 0.618 e. The van der Waals surface area contributed by atoms with E-state index in [9.17, 15) is 10.3 Å². The Kier molecular flexibility index (Phi) is 4.24. The Bertz CT molecular complexity index is 1120. The van der Waals surface area contributed by atoms with Gasteiger partial charge in [-0.15, -0.1) is 0 Å². The topological polar surface area (TPSA) is 60.1 Å². The van der Waals surface area contributed by atoms with E-state index in [4.69, 9.17) is 4.98 Å². The summed E-state index contributed by atoms with van der Waals surface area (Å²) in [4.78, 5) is 4.77. The maximum atomic E-state index is 13.2. The Hall–Kier alpha value is -3.40. The van der Waals surface area contributed by atoms with Gasteiger partial charge in [0, 0.05) is 11.6 Å². The first-order chi connectivity index (χ1) is 13.1. The lowest BCUT2D eigenvalue weighted by molar-refractivity contribution is -0.564. The van der Waals surface area contributed by atoms with E-state index in [2.05, 4.69) is 26.0 Å². The molecule has 0 amide bonds. The molecule has 27 heavy (non-hydrogen) atoms. The molecule has 0 unspecified atom stereocenters. The molecule has 1 N–H and O–H groups in total. The lowest BCUT2D eigenvalue weighted by Gasteiger charge is -2.14. The summed E-state index contributed by atoms with van der Waals surface area (Å²) in [5, 5.41) is 23.6. The summed E-state index contributed by atoms with van der Waals surface area (Å²) in [6.45, 7) is 4.28. The standard InChI is InChI=1S/C23H20N2O2/c1-15(2)16-11-13-17(14-12-16)22-23(18-7-3-6-10-21(18)26)25(27)20-9-5-4-8-19(20)24-22/h3-15,26H,1-2H3. The highest BCUT2D eigenvalue weighted by atomic mass is 16.5. The van der Waals surface area contributed by atoms with E-state index < -0.39 is 0 Å². The first-order valence-corrected chi connectivity index (χ1v) is 8.97. The van der Waals surface area contributed by atoms with Gasteiger partial charge in [-0.2, -0.15) is 4.73 Å². The third-order valence-corrected chi connectivity index (χ3v) is 4.77. The molecular weight excluding hydrogens is 336 g/mol. The summed E-state index contributed by atoms with van der Waals surface area (Å²) in [5.41, 5.74) is 4.53. The number of phenols is 1. The van der Waals surface area contributed by atoms with Crippen molar-refractivity contribution in [3.8, 4) is 28.3 Å². The van der Waals surface area contributed by atoms with E-state index in [1.807, 2.05) is 30.3 Å². The van der Waals surface area contributed by atoms with Crippen molar-refractivity contribution in [3.05, 3.63) is 83.6 Å². The monoisotopic (exact) mass is 356 g/mol. The number of fused-ring (bicyclic) bond motifs is 1. The molecule has 0 atom stereocenters. The number of rotatable bonds is 3. The molecule has 0 aliphatic carbocycles. The quantitative estimate of drug-likeness (QED) is 0.414. The summed E-state index contributed by atoms with van der Waals surface area (Å²) in [5.74, 6) is 0.477. The van der Waals surface area contributed by atoms with E-state index in [1.54, 1.807) is 30.3 Å². The maximum absolute atomic E-state index is 13.2. The Morgan fingerprint density at radius 1 is 0.889 bits per heavy atom. The lowest BCUT2D eigenvalue weighted by Crippen LogP contribution is -2.31. The third-order valence-electron chi connectivity index (χ3n) is 4.77. The molecule has 0 fully saturated rings. The van der Waals surface area contributed by atoms with Gasteiger partial charge in [0.2, 0.25) is 5.52 Å². The number of phenolic OH excluding ortho intramolecular Hbond substituents is 1. The van der Waals surface area contributed by atoms with Crippen LogP contribution in [0.3, 0.4) is 0 Å². The first kappa shape index (κ1) is 17.0. The molecule has 0 spiro atoms. The molecule has 0 radical (unpaired) electrons. The smallest absolute Gasteiger partial charge is 0.254 e. The van der Waals surface area contributed by atoms with Crippen molar-refractivity contribution in [2.45, 2.75) is 19.8 Å². The zero-order valence-corrected chi connectivity index (χ0v) is 15.3. The average molecular weight is 356 g/mol. The Balaban J connectivity index is 2.04. The molecule has 0 aliphatic rings. The second-order valence-electron chi connectivity index (χ2n) is 6.89. The molecule has 1 heterocycles. The van der Waals surface area contributed by atoms with E-state index in [0.717, 1.165) is 10.3 Å². The van der Waals surface area contributed by atoms with Crippen LogP contribution in [-0.4, -0.2) is 10.1 Å². The molecule has 0 aliphatic heterocycles. The molecule has 4 aromatic rings. The van der Waals surface area contributed by atoms with Crippen molar-refractivity contribution >= 4 is 11.0 Å². The van der Waals surface area contributed by atoms with Crippen molar-refractivity contribution in [2.24, 2.45) is 0 Å². The second-order valence-corrected chi connectivity index (χ2v) is 6.89. The summed E-state index contributed by atoms with van der Waals surface area (Å²) in [7, 11) is 0. The van der Waals surface area contributed by atoms with E-state index in [0.29, 0.717) is 33.9 Å². The SMILES string of the molecule is CC(C)c1ccc(-c2nc3ccccc3[n+]([O-])c2-c2ccccc2O)cc1. The summed E-state index contributed by atoms with van der Waals surface area (Å²) in [6.07, 6.45) is 0. The minimum Gasteiger partial charge on any atom is -0.618 e. The number of benzene rings is 3. The van der Waals surface area contributed by atoms with Crippen LogP contribution in [0.25, 0.3) is 33.5 Å². The van der Waals surface area contributed by atoms with Crippen LogP contribution in [0.5, 0.6) is 5.75 Å². The van der Waals surface area contributed by atoms with Gasteiger partial charge >= 0.3 is 0 Å². The van der Waals surface area contributed by atoms with Gasteiger partial charge in [-0.3, -0.25) is 0 Å². The Labute approximate surface area is 158 Å². The minimum atomic E-state index is 0.0548. The number of aromatic hydroxyl groups is 1. The predicted molar refractivity (Wildman–Crippen MR) is 107 cm³/mol. The number of para-hydroxylation sites is 3. The van der Waals surface area contributed by atoms with E-state index >= 15 is 0 Å². The molecule has 3 aromatic carbocycles. The lowest BCUT2D eigenvalue weighted by atomic mass is 9.98. The average Bonchev–Trinajstić information content (AvgIpc) is 2.69. The number of aromatic nitrogens is 2. The zero-order valence-electron chi connectivity index (χ0n) is 15.3. The fourth-order valence-corrected chi connectivity index (χ4v) is 3.26. The van der Waals surface area contributed by atoms with Crippen molar-refractivity contribution in [1.82, 2.24) is 4.98 Å². The van der Waals surface area contributed by atoms with Crippen molar-refractivity contribution < 1.29 is 9.84 Å². The first-order valence-electron chi connectivity index (χ1n) is 8.97. The minimum absolute atomic E-state index is 0.0548. The molecule has 134 valence electrons. The van der Waals surface area contributed by atoms with Gasteiger partial charge in [0.25, 0.3) is 5.69 Å². The highest BCUT2D eigenvalue weighted by Gasteiger charge is 2.24. The fraction of sp³-hybridized carbons (Fsp3) is 0.130. The molecule has 4 heteroatoms. The van der Waals surface area contributed by atoms with Crippen LogP contribution in [-0.2, 0) is 0 Å². The molecule has 4 rings (SSSR count). The second kappa shape index (κ2) is 6.72. The van der Waals surface area contributed by atoms with Gasteiger partial charge in [0.1, 0.15) is 17.0 Å². The van der Waals surface area contributed by atoms with Gasteiger partial charge in [-0.25, -0.2) is 4.98 Å². The third kappa shape index (κ3) is 2.99. The van der Waals surface area contributed by atoms with Crippen molar-refractivity contribution in [3.63, 3.8) is 0 Å². The van der Waals surface area contributed by atoms with Crippen molar-refractivity contribution in [2.75, 3.05) is 0 Å². The Morgan fingerprint density at radius 2 is 1.56 bits per heavy atom. The highest BCUT2D eigenvalue weighted by Crippen LogP contribution is 2.34. The van der Waals surface area contributed by atoms with Gasteiger partial charge < -0.3 is 10.3 Å². The van der Waals surface area contributed by atoms with Crippen LogP contribution < -0.4 is 4.73 Å². The number of hydrogen-bond acceptors (Lipinski definition) is 3. The maximum Gasteiger partial charge on any atom is 0.254 e. The highest BCUT2D eigenvalue weighted by molar-refractivity contribution is 5.84. The molecule has 0 saturated heterocycles. The molecule has 4 nitrogen and oxygen atoms in total. The fourth-order valence-electron chi connectivity index (χ4n) is 3.26. The van der Waals surface area contributed by atoms with Gasteiger partial charge in [-0.1, -0.05) is 62.4 Å². The van der Waals surface area contributed by atoms with Gasteiger partial charge in [-0.05, 0) is 29.7 Å². The van der Waals surface area contributed by atoms with Crippen LogP contribution in [0.4, 0.5) is 0 Å². The number of nitrogens with zero attached hydrogens (tertiary/aromatic N) is 2. The van der Waals surface area contributed by atoms with Gasteiger partial charge in [0.15, 0.2) is 0 Å². The number of hydrogen-bond donors (Lipinski definition) is 1. The van der Waals surface area contributed by atoms with Gasteiger partial charge in [0.05, 0.1) is 5.56 Å². The summed E-state index contributed by atoms with van der Waals surface area (Å²) < 4.78 is 0.864. The summed E-state index contributed by atoms with van der Waals surface area (Å²) in [6, 6.07) is 22.2.